The van der Waals surface area contributed by atoms with Gasteiger partial charge < -0.3 is 14.7 Å². The number of alkyl halides is 3. The molecule has 0 aliphatic carbocycles. The van der Waals surface area contributed by atoms with E-state index in [9.17, 15) is 22.0 Å². The van der Waals surface area contributed by atoms with E-state index in [0.29, 0.717) is 42.7 Å². The first kappa shape index (κ1) is 25.2. The van der Waals surface area contributed by atoms with Crippen molar-refractivity contribution < 1.29 is 22.0 Å². The van der Waals surface area contributed by atoms with Gasteiger partial charge in [-0.1, -0.05) is 0 Å². The second kappa shape index (κ2) is 9.75. The number of rotatable bonds is 4. The molecule has 2 aliphatic heterocycles. The fraction of sp³-hybridized carbons (Fsp3) is 0.423. The largest absolute Gasteiger partial charge is 0.419 e. The molecule has 5 rings (SSSR count). The molecule has 6 nitrogen and oxygen atoms in total. The molecule has 196 valence electrons. The van der Waals surface area contributed by atoms with Crippen LogP contribution in [-0.2, 0) is 6.18 Å². The van der Waals surface area contributed by atoms with E-state index in [1.807, 2.05) is 11.8 Å². The first-order chi connectivity index (χ1) is 17.6. The first-order valence-electron chi connectivity index (χ1n) is 12.3. The van der Waals surface area contributed by atoms with Crippen molar-refractivity contribution in [3.05, 3.63) is 59.8 Å². The molecule has 0 N–H and O–H groups in total. The highest BCUT2D eigenvalue weighted by Crippen LogP contribution is 2.36. The molecule has 0 saturated carbocycles. The Morgan fingerprint density at radius 2 is 1.70 bits per heavy atom. The van der Waals surface area contributed by atoms with Crippen molar-refractivity contribution in [1.29, 1.82) is 0 Å². The molecule has 11 heteroatoms. The van der Waals surface area contributed by atoms with E-state index < -0.39 is 23.4 Å². The molecule has 2 aromatic heterocycles. The van der Waals surface area contributed by atoms with Crippen molar-refractivity contribution >= 4 is 17.6 Å². The van der Waals surface area contributed by atoms with Gasteiger partial charge in [0.15, 0.2) is 11.6 Å². The zero-order valence-corrected chi connectivity index (χ0v) is 20.5. The van der Waals surface area contributed by atoms with Crippen molar-refractivity contribution in [3.63, 3.8) is 0 Å². The van der Waals surface area contributed by atoms with Crippen LogP contribution < -0.4 is 14.7 Å². The van der Waals surface area contributed by atoms with Crippen LogP contribution in [0.3, 0.4) is 0 Å². The number of piperazine rings is 1. The van der Waals surface area contributed by atoms with Gasteiger partial charge in [0.1, 0.15) is 11.6 Å². The molecule has 0 radical (unpaired) electrons. The van der Waals surface area contributed by atoms with E-state index >= 15 is 0 Å². The van der Waals surface area contributed by atoms with E-state index in [2.05, 4.69) is 21.8 Å². The molecule has 2 saturated heterocycles. The van der Waals surface area contributed by atoms with Gasteiger partial charge in [-0.3, -0.25) is 0 Å². The molecule has 1 aromatic carbocycles. The summed E-state index contributed by atoms with van der Waals surface area (Å²) in [4.78, 5) is 19.3. The van der Waals surface area contributed by atoms with Crippen molar-refractivity contribution in [3.8, 4) is 11.3 Å². The summed E-state index contributed by atoms with van der Waals surface area (Å²) >= 11 is 0. The minimum absolute atomic E-state index is 0.0850. The zero-order valence-electron chi connectivity index (χ0n) is 20.5. The fourth-order valence-electron chi connectivity index (χ4n) is 5.09. The van der Waals surface area contributed by atoms with E-state index in [1.54, 1.807) is 11.0 Å². The van der Waals surface area contributed by atoms with Crippen molar-refractivity contribution in [1.82, 2.24) is 15.0 Å². The molecule has 0 amide bonds. The predicted octanol–water partition coefficient (Wildman–Crippen LogP) is 5.54. The van der Waals surface area contributed by atoms with Crippen molar-refractivity contribution in [2.24, 2.45) is 0 Å². The minimum Gasteiger partial charge on any atom is -0.352 e. The third-order valence-electron chi connectivity index (χ3n) is 7.04. The van der Waals surface area contributed by atoms with Crippen LogP contribution in [0, 0.1) is 11.6 Å². The summed E-state index contributed by atoms with van der Waals surface area (Å²) in [6.07, 6.45) is -1.15. The van der Waals surface area contributed by atoms with Crippen LogP contribution in [-0.4, -0.2) is 53.2 Å². The molecular formula is C26H27F5N6. The molecule has 2 fully saturated rings. The Bertz CT molecular complexity index is 1280. The molecule has 37 heavy (non-hydrogen) atoms. The van der Waals surface area contributed by atoms with Gasteiger partial charge in [0.2, 0.25) is 5.95 Å². The maximum absolute atomic E-state index is 14.0. The maximum atomic E-state index is 14.0. The molecule has 0 bridgehead atoms. The second-order valence-electron chi connectivity index (χ2n) is 9.59. The smallest absolute Gasteiger partial charge is 0.352 e. The van der Waals surface area contributed by atoms with Gasteiger partial charge in [0, 0.05) is 56.1 Å². The third kappa shape index (κ3) is 5.03. The standard InChI is InChI=1S/C26H27F5N6/c1-16-5-4-10-37(16)25-33-22(18-7-8-20(27)21(28)13-18)14-23(34-25)36-12-11-35(15-17(36)2)24-19(26(29,30)31)6-3-9-32-24/h3,6-9,13-14,16-17H,4-5,10-12,15H2,1-2H3/t16?,17-/m1/s1. The lowest BCUT2D eigenvalue weighted by molar-refractivity contribution is -0.137. The Labute approximate surface area is 211 Å². The molecule has 2 aliphatic rings. The number of halogens is 5. The number of hydrogen-bond donors (Lipinski definition) is 0. The fourth-order valence-corrected chi connectivity index (χ4v) is 5.09. The van der Waals surface area contributed by atoms with Gasteiger partial charge in [0.05, 0.1) is 11.3 Å². The van der Waals surface area contributed by atoms with Gasteiger partial charge in [-0.15, -0.1) is 0 Å². The van der Waals surface area contributed by atoms with Gasteiger partial charge in [-0.05, 0) is 57.0 Å². The average molecular weight is 519 g/mol. The number of aromatic nitrogens is 3. The Balaban J connectivity index is 1.48. The van der Waals surface area contributed by atoms with Crippen LogP contribution in [0.1, 0.15) is 32.3 Å². The van der Waals surface area contributed by atoms with Gasteiger partial charge in [-0.25, -0.2) is 18.7 Å². The van der Waals surface area contributed by atoms with Crippen LogP contribution in [0.4, 0.5) is 39.5 Å². The van der Waals surface area contributed by atoms with Crippen LogP contribution in [0.2, 0.25) is 0 Å². The molecule has 3 aromatic rings. The summed E-state index contributed by atoms with van der Waals surface area (Å²) in [5.41, 5.74) is 0.116. The van der Waals surface area contributed by atoms with Crippen molar-refractivity contribution in [2.45, 2.75) is 44.9 Å². The quantitative estimate of drug-likeness (QED) is 0.423. The molecule has 1 unspecified atom stereocenters. The summed E-state index contributed by atoms with van der Waals surface area (Å²) in [5.74, 6) is -0.900. The highest BCUT2D eigenvalue weighted by Gasteiger charge is 2.37. The van der Waals surface area contributed by atoms with E-state index in [1.165, 1.54) is 18.3 Å². The predicted molar refractivity (Wildman–Crippen MR) is 132 cm³/mol. The normalized spacial score (nSPS) is 20.6. The summed E-state index contributed by atoms with van der Waals surface area (Å²) in [6, 6.07) is 7.74. The zero-order chi connectivity index (χ0) is 26.3. The topological polar surface area (TPSA) is 48.4 Å². The number of pyridine rings is 1. The van der Waals surface area contributed by atoms with Gasteiger partial charge in [0.25, 0.3) is 0 Å². The molecule has 0 spiro atoms. The van der Waals surface area contributed by atoms with Crippen LogP contribution in [0.15, 0.2) is 42.6 Å². The minimum atomic E-state index is -4.50. The Kier molecular flexibility index (Phi) is 6.63. The highest BCUT2D eigenvalue weighted by atomic mass is 19.4. The van der Waals surface area contributed by atoms with Gasteiger partial charge >= 0.3 is 6.18 Å². The number of benzene rings is 1. The Hall–Kier alpha value is -3.50. The molecule has 2 atom stereocenters. The summed E-state index contributed by atoms with van der Waals surface area (Å²) < 4.78 is 68.4. The lowest BCUT2D eigenvalue weighted by Crippen LogP contribution is -2.53. The average Bonchev–Trinajstić information content (AvgIpc) is 3.30. The van der Waals surface area contributed by atoms with E-state index in [-0.39, 0.29) is 17.9 Å². The monoisotopic (exact) mass is 518 g/mol. The Morgan fingerprint density at radius 1 is 0.892 bits per heavy atom. The van der Waals surface area contributed by atoms with Gasteiger partial charge in [-0.2, -0.15) is 18.2 Å². The lowest BCUT2D eigenvalue weighted by Gasteiger charge is -2.42. The van der Waals surface area contributed by atoms with Crippen molar-refractivity contribution in [2.75, 3.05) is 40.9 Å². The molecular weight excluding hydrogens is 491 g/mol. The summed E-state index contributed by atoms with van der Waals surface area (Å²) in [7, 11) is 0. The summed E-state index contributed by atoms with van der Waals surface area (Å²) in [6.45, 7) is 5.81. The first-order valence-corrected chi connectivity index (χ1v) is 12.3. The van der Waals surface area contributed by atoms with Crippen LogP contribution >= 0.6 is 0 Å². The van der Waals surface area contributed by atoms with E-state index in [4.69, 9.17) is 4.98 Å². The lowest BCUT2D eigenvalue weighted by atomic mass is 10.1. The maximum Gasteiger partial charge on any atom is 0.419 e. The number of anilines is 3. The Morgan fingerprint density at radius 3 is 2.38 bits per heavy atom. The highest BCUT2D eigenvalue weighted by molar-refractivity contribution is 5.66. The van der Waals surface area contributed by atoms with Crippen LogP contribution in [0.25, 0.3) is 11.3 Å². The second-order valence-corrected chi connectivity index (χ2v) is 9.59. The third-order valence-corrected chi connectivity index (χ3v) is 7.04. The number of nitrogens with zero attached hydrogens (tertiary/aromatic N) is 6. The SMILES string of the molecule is CC1CCCN1c1nc(-c2ccc(F)c(F)c2)cc(N2CCN(c3ncccc3C(F)(F)F)C[C@H]2C)n1. The van der Waals surface area contributed by atoms with Crippen LogP contribution in [0.5, 0.6) is 0 Å². The van der Waals surface area contributed by atoms with E-state index in [0.717, 1.165) is 37.6 Å². The summed E-state index contributed by atoms with van der Waals surface area (Å²) in [5, 5.41) is 0. The number of hydrogen-bond acceptors (Lipinski definition) is 6. The molecule has 4 heterocycles.